The summed E-state index contributed by atoms with van der Waals surface area (Å²) in [7, 11) is 0. The van der Waals surface area contributed by atoms with Crippen LogP contribution in [0.4, 0.5) is 11.4 Å². The number of nitro groups is 2. The average Bonchev–Trinajstić information content (AvgIpc) is 2.70. The molecule has 0 heterocycles. The van der Waals surface area contributed by atoms with Crippen LogP contribution in [0.15, 0.2) is 60.7 Å². The van der Waals surface area contributed by atoms with Crippen molar-refractivity contribution in [3.8, 4) is 0 Å². The van der Waals surface area contributed by atoms with Gasteiger partial charge in [-0.15, -0.1) is 0 Å². The number of benzene rings is 3. The van der Waals surface area contributed by atoms with Crippen molar-refractivity contribution in [1.82, 2.24) is 5.32 Å². The molecule has 0 saturated carbocycles. The minimum absolute atomic E-state index is 0.0124. The van der Waals surface area contributed by atoms with E-state index in [1.165, 1.54) is 0 Å². The van der Waals surface area contributed by atoms with Crippen LogP contribution in [-0.4, -0.2) is 15.8 Å². The number of non-ortho nitro benzene ring substituents is 2. The molecule has 148 valence electrons. The summed E-state index contributed by atoms with van der Waals surface area (Å²) >= 11 is 0. The molecule has 0 aromatic heterocycles. The maximum absolute atomic E-state index is 12.9. The first-order chi connectivity index (χ1) is 13.8. The lowest BCUT2D eigenvalue weighted by molar-refractivity contribution is -0.394. The zero-order valence-corrected chi connectivity index (χ0v) is 15.9. The summed E-state index contributed by atoms with van der Waals surface area (Å²) in [6.45, 7) is 3.89. The molecule has 0 radical (unpaired) electrons. The smallest absolute Gasteiger partial charge is 0.277 e. The number of nitrogens with one attached hydrogen (secondary N) is 1. The van der Waals surface area contributed by atoms with Crippen molar-refractivity contribution in [2.75, 3.05) is 0 Å². The van der Waals surface area contributed by atoms with Crippen LogP contribution >= 0.6 is 0 Å². The molecule has 3 aromatic rings. The lowest BCUT2D eigenvalue weighted by Gasteiger charge is -2.24. The van der Waals surface area contributed by atoms with Gasteiger partial charge in [0.15, 0.2) is 0 Å². The third-order valence-electron chi connectivity index (χ3n) is 4.70. The molecule has 0 spiro atoms. The summed E-state index contributed by atoms with van der Waals surface area (Å²) in [6.07, 6.45) is 0. The molecule has 1 amide bonds. The van der Waals surface area contributed by atoms with Gasteiger partial charge in [-0.05, 0) is 22.3 Å². The Kier molecular flexibility index (Phi) is 5.54. The molecule has 3 aromatic carbocycles. The summed E-state index contributed by atoms with van der Waals surface area (Å²) in [5.74, 6) is -0.595. The first kappa shape index (κ1) is 19.9. The molecule has 1 unspecified atom stereocenters. The Morgan fingerprint density at radius 2 is 1.48 bits per heavy atom. The van der Waals surface area contributed by atoms with E-state index < -0.39 is 27.1 Å². The van der Waals surface area contributed by atoms with E-state index in [4.69, 9.17) is 0 Å². The lowest BCUT2D eigenvalue weighted by Crippen LogP contribution is -2.32. The number of nitrogens with zero attached hydrogens (tertiary/aromatic N) is 2. The van der Waals surface area contributed by atoms with Gasteiger partial charge < -0.3 is 5.32 Å². The van der Waals surface area contributed by atoms with Gasteiger partial charge in [-0.2, -0.15) is 0 Å². The van der Waals surface area contributed by atoms with Crippen LogP contribution in [0.25, 0.3) is 10.8 Å². The zero-order chi connectivity index (χ0) is 21.1. The maximum Gasteiger partial charge on any atom is 0.277 e. The lowest BCUT2D eigenvalue weighted by atomic mass is 9.91. The predicted octanol–water partition coefficient (Wildman–Crippen LogP) is 4.78. The highest BCUT2D eigenvalue weighted by molar-refractivity contribution is 5.96. The normalized spacial score (nSPS) is 12.0. The Bertz CT molecular complexity index is 1070. The standard InChI is InChI=1S/C21H19N3O5/c1-13(2)20(19-9-5-7-14-6-3-4-8-18(14)19)22-21(25)15-10-16(23(26)27)12-17(11-15)24(28)29/h3-13,20H,1-2H3,(H,22,25). The number of hydrogen-bond donors (Lipinski definition) is 1. The molecule has 29 heavy (non-hydrogen) atoms. The Morgan fingerprint density at radius 1 is 0.897 bits per heavy atom. The van der Waals surface area contributed by atoms with Gasteiger partial charge in [-0.1, -0.05) is 56.3 Å². The number of carbonyl (C=O) groups excluding carboxylic acids is 1. The fourth-order valence-electron chi connectivity index (χ4n) is 3.29. The Balaban J connectivity index is 2.01. The number of rotatable bonds is 6. The Morgan fingerprint density at radius 3 is 2.07 bits per heavy atom. The van der Waals surface area contributed by atoms with E-state index in [2.05, 4.69) is 5.32 Å². The Hall–Kier alpha value is -3.81. The molecule has 8 nitrogen and oxygen atoms in total. The van der Waals surface area contributed by atoms with Crippen molar-refractivity contribution >= 4 is 28.1 Å². The number of amides is 1. The van der Waals surface area contributed by atoms with Gasteiger partial charge in [0.25, 0.3) is 17.3 Å². The Labute approximate surface area is 166 Å². The number of fused-ring (bicyclic) bond motifs is 1. The highest BCUT2D eigenvalue weighted by Gasteiger charge is 2.24. The summed E-state index contributed by atoms with van der Waals surface area (Å²) < 4.78 is 0. The molecule has 1 atom stereocenters. The first-order valence-corrected chi connectivity index (χ1v) is 9.00. The quantitative estimate of drug-likeness (QED) is 0.478. The van der Waals surface area contributed by atoms with Gasteiger partial charge in [-0.3, -0.25) is 25.0 Å². The van der Waals surface area contributed by atoms with Gasteiger partial charge in [0, 0.05) is 12.1 Å². The average molecular weight is 393 g/mol. The zero-order valence-electron chi connectivity index (χ0n) is 15.9. The first-order valence-electron chi connectivity index (χ1n) is 9.00. The van der Waals surface area contributed by atoms with Crippen LogP contribution in [-0.2, 0) is 0 Å². The van der Waals surface area contributed by atoms with Crippen molar-refractivity contribution in [2.24, 2.45) is 5.92 Å². The molecule has 0 saturated heterocycles. The SMILES string of the molecule is CC(C)C(NC(=O)c1cc([N+](=O)[O-])cc([N+](=O)[O-])c1)c1cccc2ccccc12. The van der Waals surface area contributed by atoms with Crippen LogP contribution in [0.5, 0.6) is 0 Å². The molecule has 0 aliphatic carbocycles. The van der Waals surface area contributed by atoms with Crippen LogP contribution in [0.2, 0.25) is 0 Å². The number of hydrogen-bond acceptors (Lipinski definition) is 5. The van der Waals surface area contributed by atoms with E-state index in [1.54, 1.807) is 0 Å². The maximum atomic E-state index is 12.9. The van der Waals surface area contributed by atoms with E-state index >= 15 is 0 Å². The van der Waals surface area contributed by atoms with Crippen LogP contribution in [0.3, 0.4) is 0 Å². The second kappa shape index (κ2) is 8.05. The minimum atomic E-state index is -0.756. The summed E-state index contributed by atoms with van der Waals surface area (Å²) in [5.41, 5.74) is -0.227. The van der Waals surface area contributed by atoms with E-state index in [0.29, 0.717) is 0 Å². The third kappa shape index (κ3) is 4.21. The highest BCUT2D eigenvalue weighted by Crippen LogP contribution is 2.30. The molecule has 1 N–H and O–H groups in total. The van der Waals surface area contributed by atoms with Crippen molar-refractivity contribution in [3.05, 3.63) is 92.0 Å². The fraction of sp³-hybridized carbons (Fsp3) is 0.190. The predicted molar refractivity (Wildman–Crippen MR) is 109 cm³/mol. The number of carbonyl (C=O) groups is 1. The molecule has 0 fully saturated rings. The third-order valence-corrected chi connectivity index (χ3v) is 4.70. The van der Waals surface area contributed by atoms with E-state index in [1.807, 2.05) is 56.3 Å². The van der Waals surface area contributed by atoms with Crippen LogP contribution in [0.1, 0.15) is 35.8 Å². The van der Waals surface area contributed by atoms with Crippen molar-refractivity contribution in [3.63, 3.8) is 0 Å². The fourth-order valence-corrected chi connectivity index (χ4v) is 3.29. The van der Waals surface area contributed by atoms with E-state index in [9.17, 15) is 25.0 Å². The summed E-state index contributed by atoms with van der Waals surface area (Å²) in [6, 6.07) is 16.1. The van der Waals surface area contributed by atoms with E-state index in [0.717, 1.165) is 34.5 Å². The van der Waals surface area contributed by atoms with Gasteiger partial charge in [0.1, 0.15) is 0 Å². The van der Waals surface area contributed by atoms with Crippen LogP contribution in [0, 0.1) is 26.1 Å². The van der Waals surface area contributed by atoms with Crippen molar-refractivity contribution in [1.29, 1.82) is 0 Å². The molecular formula is C21H19N3O5. The summed E-state index contributed by atoms with van der Waals surface area (Å²) in [5, 5.41) is 27.1. The molecular weight excluding hydrogens is 374 g/mol. The molecule has 8 heteroatoms. The molecule has 0 aliphatic heterocycles. The molecule has 0 bridgehead atoms. The minimum Gasteiger partial charge on any atom is -0.345 e. The molecule has 3 rings (SSSR count). The van der Waals surface area contributed by atoms with Crippen molar-refractivity contribution < 1.29 is 14.6 Å². The van der Waals surface area contributed by atoms with E-state index in [-0.39, 0.29) is 17.5 Å². The van der Waals surface area contributed by atoms with Gasteiger partial charge in [0.2, 0.25) is 0 Å². The van der Waals surface area contributed by atoms with Crippen molar-refractivity contribution in [2.45, 2.75) is 19.9 Å². The second-order valence-corrected chi connectivity index (χ2v) is 7.02. The monoisotopic (exact) mass is 393 g/mol. The van der Waals surface area contributed by atoms with Gasteiger partial charge in [-0.25, -0.2) is 0 Å². The summed E-state index contributed by atoms with van der Waals surface area (Å²) in [4.78, 5) is 33.6. The van der Waals surface area contributed by atoms with Crippen LogP contribution < -0.4 is 5.32 Å². The van der Waals surface area contributed by atoms with Gasteiger partial charge >= 0.3 is 0 Å². The topological polar surface area (TPSA) is 115 Å². The largest absolute Gasteiger partial charge is 0.345 e. The second-order valence-electron chi connectivity index (χ2n) is 7.02. The van der Waals surface area contributed by atoms with Gasteiger partial charge in [0.05, 0.1) is 27.5 Å². The highest BCUT2D eigenvalue weighted by atomic mass is 16.6. The molecule has 0 aliphatic rings. The number of nitro benzene ring substituents is 2.